The lowest BCUT2D eigenvalue weighted by molar-refractivity contribution is -0.136. The predicted molar refractivity (Wildman–Crippen MR) is 138 cm³/mol. The van der Waals surface area contributed by atoms with E-state index in [9.17, 15) is 9.59 Å². The van der Waals surface area contributed by atoms with Crippen LogP contribution in [0.2, 0.25) is 0 Å². The Morgan fingerprint density at radius 1 is 1.17 bits per heavy atom. The fraction of sp³-hybridized carbons (Fsp3) is 0.429. The summed E-state index contributed by atoms with van der Waals surface area (Å²) in [6, 6.07) is 13.3. The molecule has 7 heteroatoms. The second kappa shape index (κ2) is 11.1. The van der Waals surface area contributed by atoms with Crippen LogP contribution in [0, 0.1) is 0 Å². The van der Waals surface area contributed by atoms with Crippen LogP contribution in [-0.2, 0) is 11.2 Å². The number of hydrogen-bond donors (Lipinski definition) is 0. The zero-order valence-corrected chi connectivity index (χ0v) is 21.7. The monoisotopic (exact) mass is 494 g/mol. The summed E-state index contributed by atoms with van der Waals surface area (Å²) in [5.41, 5.74) is 2.40. The van der Waals surface area contributed by atoms with Gasteiger partial charge >= 0.3 is 0 Å². The van der Waals surface area contributed by atoms with Crippen molar-refractivity contribution in [3.8, 4) is 5.75 Å². The number of amides is 2. The van der Waals surface area contributed by atoms with E-state index in [4.69, 9.17) is 9.15 Å². The normalized spacial score (nSPS) is 16.1. The molecular weight excluding hydrogens is 460 g/mol. The maximum absolute atomic E-state index is 13.6. The molecule has 0 spiro atoms. The molecule has 6 nitrogen and oxygen atoms in total. The van der Waals surface area contributed by atoms with Crippen molar-refractivity contribution < 1.29 is 18.7 Å². The highest BCUT2D eigenvalue weighted by Crippen LogP contribution is 2.34. The van der Waals surface area contributed by atoms with Crippen LogP contribution >= 0.6 is 11.3 Å². The van der Waals surface area contributed by atoms with Crippen molar-refractivity contribution >= 4 is 23.2 Å². The lowest BCUT2D eigenvalue weighted by Gasteiger charge is -2.38. The van der Waals surface area contributed by atoms with Gasteiger partial charge in [0, 0.05) is 17.5 Å². The molecule has 4 rings (SSSR count). The maximum Gasteiger partial charge on any atom is 0.290 e. The van der Waals surface area contributed by atoms with Gasteiger partial charge in [-0.05, 0) is 72.5 Å². The first-order valence-corrected chi connectivity index (χ1v) is 13.2. The Balaban J connectivity index is 1.52. The average molecular weight is 495 g/mol. The summed E-state index contributed by atoms with van der Waals surface area (Å²) in [5, 5.41) is 2.08. The van der Waals surface area contributed by atoms with Crippen molar-refractivity contribution in [2.45, 2.75) is 58.5 Å². The summed E-state index contributed by atoms with van der Waals surface area (Å²) >= 11 is 1.72. The number of rotatable bonds is 9. The molecule has 1 aliphatic rings. The molecule has 0 aliphatic carbocycles. The van der Waals surface area contributed by atoms with Gasteiger partial charge in [0.05, 0.1) is 12.3 Å². The third-order valence-corrected chi connectivity index (χ3v) is 7.79. The number of carbonyl (C=O) groups excluding carboxylic acids is 2. The number of hydrogen-bond acceptors (Lipinski definition) is 5. The lowest BCUT2D eigenvalue weighted by atomic mass is 10.00. The number of nitrogens with zero attached hydrogens (tertiary/aromatic N) is 2. The van der Waals surface area contributed by atoms with Gasteiger partial charge in [0.1, 0.15) is 18.9 Å². The topological polar surface area (TPSA) is 63.0 Å². The predicted octanol–water partition coefficient (Wildman–Crippen LogP) is 5.91. The van der Waals surface area contributed by atoms with Gasteiger partial charge in [0.15, 0.2) is 5.76 Å². The van der Waals surface area contributed by atoms with Crippen molar-refractivity contribution in [1.82, 2.24) is 9.80 Å². The fourth-order valence-corrected chi connectivity index (χ4v) is 5.35. The van der Waals surface area contributed by atoms with Crippen LogP contribution in [0.25, 0.3) is 0 Å². The van der Waals surface area contributed by atoms with Gasteiger partial charge in [-0.1, -0.05) is 32.9 Å². The molecule has 35 heavy (non-hydrogen) atoms. The van der Waals surface area contributed by atoms with Crippen LogP contribution in [0.1, 0.15) is 72.6 Å². The molecule has 0 saturated heterocycles. The standard InChI is InChI=1S/C28H34N2O4S/c1-5-20(4)30(28(32)25-7-6-15-33-25)17-27(31)29-14-12-26-23(13-16-35-26)24(29)18-34-22-10-8-21(9-11-22)19(2)3/h6-11,13,15-16,19-20,24H,5,12,14,17-18H2,1-4H3. The highest BCUT2D eigenvalue weighted by atomic mass is 32.1. The van der Waals surface area contributed by atoms with Gasteiger partial charge < -0.3 is 19.0 Å². The molecule has 1 aliphatic heterocycles. The molecule has 0 bridgehead atoms. The Bertz CT molecular complexity index is 1120. The SMILES string of the molecule is CCC(C)N(CC(=O)N1CCc2sccc2C1COc1ccc(C(C)C)cc1)C(=O)c1ccco1. The third-order valence-electron chi connectivity index (χ3n) is 6.79. The minimum Gasteiger partial charge on any atom is -0.491 e. The number of ether oxygens (including phenoxy) is 1. The summed E-state index contributed by atoms with van der Waals surface area (Å²) < 4.78 is 11.5. The van der Waals surface area contributed by atoms with Gasteiger partial charge in [-0.2, -0.15) is 0 Å². The second-order valence-corrected chi connectivity index (χ2v) is 10.4. The van der Waals surface area contributed by atoms with Gasteiger partial charge in [-0.3, -0.25) is 9.59 Å². The van der Waals surface area contributed by atoms with Crippen molar-refractivity contribution in [2.24, 2.45) is 0 Å². The number of carbonyl (C=O) groups is 2. The van der Waals surface area contributed by atoms with Crippen molar-refractivity contribution in [3.05, 3.63) is 75.9 Å². The summed E-state index contributed by atoms with van der Waals surface area (Å²) in [5.74, 6) is 1.16. The minimum atomic E-state index is -0.260. The van der Waals surface area contributed by atoms with E-state index in [1.807, 2.05) is 30.9 Å². The molecule has 2 amide bonds. The Morgan fingerprint density at radius 3 is 2.60 bits per heavy atom. The molecule has 0 fully saturated rings. The Hall–Kier alpha value is -3.06. The quantitative estimate of drug-likeness (QED) is 0.371. The van der Waals surface area contributed by atoms with Crippen LogP contribution in [0.4, 0.5) is 0 Å². The van der Waals surface area contributed by atoms with Crippen LogP contribution in [0.5, 0.6) is 5.75 Å². The summed E-state index contributed by atoms with van der Waals surface area (Å²) in [7, 11) is 0. The zero-order valence-electron chi connectivity index (χ0n) is 20.9. The third kappa shape index (κ3) is 5.61. The smallest absolute Gasteiger partial charge is 0.290 e. The van der Waals surface area contributed by atoms with Crippen molar-refractivity contribution in [2.75, 3.05) is 19.7 Å². The van der Waals surface area contributed by atoms with E-state index in [-0.39, 0.29) is 36.2 Å². The van der Waals surface area contributed by atoms with Gasteiger partial charge in [0.2, 0.25) is 5.91 Å². The first-order valence-electron chi connectivity index (χ1n) is 12.3. The van der Waals surface area contributed by atoms with Crippen LogP contribution in [-0.4, -0.2) is 47.4 Å². The van der Waals surface area contributed by atoms with E-state index in [1.54, 1.807) is 28.4 Å². The van der Waals surface area contributed by atoms with Gasteiger partial charge in [-0.25, -0.2) is 0 Å². The first kappa shape index (κ1) is 25.0. The number of benzene rings is 1. The van der Waals surface area contributed by atoms with Gasteiger partial charge in [0.25, 0.3) is 5.91 Å². The lowest BCUT2D eigenvalue weighted by Crippen LogP contribution is -2.49. The highest BCUT2D eigenvalue weighted by molar-refractivity contribution is 7.10. The number of thiophene rings is 1. The zero-order chi connectivity index (χ0) is 24.9. The first-order chi connectivity index (χ1) is 16.9. The highest BCUT2D eigenvalue weighted by Gasteiger charge is 2.34. The largest absolute Gasteiger partial charge is 0.491 e. The van der Waals surface area contributed by atoms with Crippen LogP contribution in [0.3, 0.4) is 0 Å². The molecule has 186 valence electrons. The Labute approximate surface area is 211 Å². The molecule has 0 radical (unpaired) electrons. The fourth-order valence-electron chi connectivity index (χ4n) is 4.43. The van der Waals surface area contributed by atoms with E-state index in [1.165, 1.54) is 16.7 Å². The van der Waals surface area contributed by atoms with Crippen LogP contribution in [0.15, 0.2) is 58.5 Å². The molecule has 1 aromatic carbocycles. The molecule has 2 atom stereocenters. The van der Waals surface area contributed by atoms with E-state index in [0.717, 1.165) is 24.2 Å². The van der Waals surface area contributed by atoms with E-state index in [0.29, 0.717) is 19.1 Å². The minimum absolute atomic E-state index is 0.00754. The van der Waals surface area contributed by atoms with E-state index >= 15 is 0 Å². The molecule has 0 N–H and O–H groups in total. The number of furan rings is 1. The summed E-state index contributed by atoms with van der Waals surface area (Å²) in [4.78, 5) is 31.5. The van der Waals surface area contributed by atoms with Gasteiger partial charge in [-0.15, -0.1) is 11.3 Å². The van der Waals surface area contributed by atoms with Crippen LogP contribution < -0.4 is 4.74 Å². The second-order valence-electron chi connectivity index (χ2n) is 9.35. The van der Waals surface area contributed by atoms with Crippen molar-refractivity contribution in [3.63, 3.8) is 0 Å². The average Bonchev–Trinajstić information content (AvgIpc) is 3.57. The molecule has 3 aromatic rings. The summed E-state index contributed by atoms with van der Waals surface area (Å²) in [6.45, 7) is 9.28. The summed E-state index contributed by atoms with van der Waals surface area (Å²) in [6.07, 6.45) is 3.04. The molecule has 2 aromatic heterocycles. The molecule has 2 unspecified atom stereocenters. The maximum atomic E-state index is 13.6. The molecule has 0 saturated carbocycles. The molecule has 3 heterocycles. The Kier molecular flexibility index (Phi) is 7.96. The van der Waals surface area contributed by atoms with Crippen molar-refractivity contribution in [1.29, 1.82) is 0 Å². The Morgan fingerprint density at radius 2 is 1.94 bits per heavy atom. The van der Waals surface area contributed by atoms with E-state index < -0.39 is 0 Å². The molecular formula is C28H34N2O4S. The van der Waals surface area contributed by atoms with E-state index in [2.05, 4.69) is 37.4 Å². The number of fused-ring (bicyclic) bond motifs is 1.